The van der Waals surface area contributed by atoms with Crippen LogP contribution in [0.15, 0.2) is 29.8 Å². The molecule has 2 N–H and O–H groups in total. The molecular formula is C13H18FNO. The van der Waals surface area contributed by atoms with E-state index in [4.69, 9.17) is 10.5 Å². The Labute approximate surface area is 95.9 Å². The molecule has 0 saturated heterocycles. The summed E-state index contributed by atoms with van der Waals surface area (Å²) < 4.78 is 18.6. The summed E-state index contributed by atoms with van der Waals surface area (Å²) in [6.45, 7) is 6.26. The molecule has 0 spiro atoms. The largest absolute Gasteiger partial charge is 0.489 e. The Balaban J connectivity index is 2.84. The van der Waals surface area contributed by atoms with Crippen molar-refractivity contribution in [1.29, 1.82) is 0 Å². The summed E-state index contributed by atoms with van der Waals surface area (Å²) in [5.74, 6) is 0.212. The van der Waals surface area contributed by atoms with E-state index in [9.17, 15) is 4.39 Å². The molecular weight excluding hydrogens is 205 g/mol. The smallest absolute Gasteiger partial charge is 0.127 e. The predicted molar refractivity (Wildman–Crippen MR) is 63.9 cm³/mol. The van der Waals surface area contributed by atoms with E-state index in [1.54, 1.807) is 6.07 Å². The highest BCUT2D eigenvalue weighted by atomic mass is 19.1. The monoisotopic (exact) mass is 223 g/mol. The summed E-state index contributed by atoms with van der Waals surface area (Å²) in [6.07, 6.45) is 1.94. The number of allylic oxidation sites excluding steroid dienone is 1. The highest BCUT2D eigenvalue weighted by Crippen LogP contribution is 2.24. The highest BCUT2D eigenvalue weighted by Gasteiger charge is 2.08. The lowest BCUT2D eigenvalue weighted by atomic mass is 10.1. The summed E-state index contributed by atoms with van der Waals surface area (Å²) >= 11 is 0. The van der Waals surface area contributed by atoms with E-state index in [1.807, 2.05) is 26.8 Å². The van der Waals surface area contributed by atoms with Crippen molar-refractivity contribution in [3.63, 3.8) is 0 Å². The van der Waals surface area contributed by atoms with Crippen LogP contribution < -0.4 is 10.5 Å². The first kappa shape index (κ1) is 12.7. The maximum Gasteiger partial charge on any atom is 0.127 e. The maximum atomic E-state index is 13.1. The molecule has 0 aromatic heterocycles. The Hall–Kier alpha value is -1.35. The average Bonchev–Trinajstić information content (AvgIpc) is 2.16. The molecule has 0 aliphatic carbocycles. The molecule has 0 unspecified atom stereocenters. The van der Waals surface area contributed by atoms with Gasteiger partial charge in [0.15, 0.2) is 0 Å². The van der Waals surface area contributed by atoms with Gasteiger partial charge in [-0.25, -0.2) is 4.39 Å². The zero-order valence-electron chi connectivity index (χ0n) is 9.96. The fourth-order valence-electron chi connectivity index (χ4n) is 1.31. The first-order valence-electron chi connectivity index (χ1n) is 5.32. The molecule has 2 nitrogen and oxygen atoms in total. The Kier molecular flexibility index (Phi) is 4.50. The second kappa shape index (κ2) is 5.66. The van der Waals surface area contributed by atoms with Gasteiger partial charge < -0.3 is 10.5 Å². The molecule has 0 aliphatic heterocycles. The second-order valence-electron chi connectivity index (χ2n) is 4.06. The molecule has 1 atom stereocenters. The molecule has 0 aliphatic rings. The van der Waals surface area contributed by atoms with Crippen molar-refractivity contribution in [3.8, 4) is 5.75 Å². The highest BCUT2D eigenvalue weighted by molar-refractivity contribution is 5.36. The van der Waals surface area contributed by atoms with Gasteiger partial charge in [0.1, 0.15) is 18.2 Å². The van der Waals surface area contributed by atoms with Crippen molar-refractivity contribution in [2.45, 2.75) is 26.8 Å². The Morgan fingerprint density at radius 2 is 2.19 bits per heavy atom. The van der Waals surface area contributed by atoms with Crippen molar-refractivity contribution < 1.29 is 9.13 Å². The number of hydrogen-bond acceptors (Lipinski definition) is 2. The molecule has 0 bridgehead atoms. The lowest BCUT2D eigenvalue weighted by Crippen LogP contribution is -2.08. The number of benzene rings is 1. The minimum absolute atomic E-state index is 0.165. The summed E-state index contributed by atoms with van der Waals surface area (Å²) in [5, 5.41) is 0. The quantitative estimate of drug-likeness (QED) is 0.795. The van der Waals surface area contributed by atoms with E-state index in [1.165, 1.54) is 17.7 Å². The van der Waals surface area contributed by atoms with Crippen LogP contribution >= 0.6 is 0 Å². The first-order chi connectivity index (χ1) is 7.50. The van der Waals surface area contributed by atoms with Gasteiger partial charge in [0.05, 0.1) is 0 Å². The van der Waals surface area contributed by atoms with Crippen LogP contribution in [0.1, 0.15) is 32.4 Å². The second-order valence-corrected chi connectivity index (χ2v) is 4.06. The van der Waals surface area contributed by atoms with Crippen LogP contribution in [-0.4, -0.2) is 6.61 Å². The fourth-order valence-corrected chi connectivity index (χ4v) is 1.31. The molecule has 88 valence electrons. The normalized spacial score (nSPS) is 12.1. The Bertz CT molecular complexity index is 382. The third-order valence-corrected chi connectivity index (χ3v) is 2.20. The molecule has 1 rings (SSSR count). The van der Waals surface area contributed by atoms with Crippen LogP contribution in [0.5, 0.6) is 5.75 Å². The van der Waals surface area contributed by atoms with Crippen LogP contribution in [-0.2, 0) is 0 Å². The summed E-state index contributed by atoms with van der Waals surface area (Å²) in [5.41, 5.74) is 7.77. The van der Waals surface area contributed by atoms with E-state index >= 15 is 0 Å². The summed E-state index contributed by atoms with van der Waals surface area (Å²) in [4.78, 5) is 0. The van der Waals surface area contributed by atoms with Gasteiger partial charge in [0, 0.05) is 17.7 Å². The SMILES string of the molecule is CC(C)=CCOc1cc(F)ccc1[C@@H](C)N. The molecule has 1 aromatic carbocycles. The van der Waals surface area contributed by atoms with Crippen LogP contribution in [0.4, 0.5) is 4.39 Å². The third-order valence-electron chi connectivity index (χ3n) is 2.20. The summed E-state index contributed by atoms with van der Waals surface area (Å²) in [7, 11) is 0. The van der Waals surface area contributed by atoms with Gasteiger partial charge in [-0.2, -0.15) is 0 Å². The number of ether oxygens (including phenoxy) is 1. The van der Waals surface area contributed by atoms with E-state index < -0.39 is 0 Å². The molecule has 0 heterocycles. The van der Waals surface area contributed by atoms with Crippen LogP contribution in [0.3, 0.4) is 0 Å². The van der Waals surface area contributed by atoms with Gasteiger partial charge in [0.2, 0.25) is 0 Å². The maximum absolute atomic E-state index is 13.1. The van der Waals surface area contributed by atoms with Gasteiger partial charge in [-0.1, -0.05) is 11.6 Å². The van der Waals surface area contributed by atoms with Crippen LogP contribution in [0.25, 0.3) is 0 Å². The van der Waals surface area contributed by atoms with Crippen LogP contribution in [0, 0.1) is 5.82 Å². The minimum Gasteiger partial charge on any atom is -0.489 e. The first-order valence-corrected chi connectivity index (χ1v) is 5.32. The molecule has 1 aromatic rings. The number of rotatable bonds is 4. The van der Waals surface area contributed by atoms with Crippen molar-refractivity contribution in [3.05, 3.63) is 41.2 Å². The number of nitrogens with two attached hydrogens (primary N) is 1. The lowest BCUT2D eigenvalue weighted by Gasteiger charge is -2.13. The van der Waals surface area contributed by atoms with Crippen molar-refractivity contribution in [2.24, 2.45) is 5.73 Å². The standard InChI is InChI=1S/C13H18FNO/c1-9(2)6-7-16-13-8-11(14)4-5-12(13)10(3)15/h4-6,8,10H,7,15H2,1-3H3/t10-/m1/s1. The van der Waals surface area contributed by atoms with Crippen LogP contribution in [0.2, 0.25) is 0 Å². The van der Waals surface area contributed by atoms with Crippen molar-refractivity contribution in [1.82, 2.24) is 0 Å². The van der Waals surface area contributed by atoms with Gasteiger partial charge in [0.25, 0.3) is 0 Å². The van der Waals surface area contributed by atoms with Gasteiger partial charge in [-0.3, -0.25) is 0 Å². The predicted octanol–water partition coefficient (Wildman–Crippen LogP) is 3.19. The average molecular weight is 223 g/mol. The molecule has 0 radical (unpaired) electrons. The topological polar surface area (TPSA) is 35.2 Å². The molecule has 0 saturated carbocycles. The van der Waals surface area contributed by atoms with Gasteiger partial charge >= 0.3 is 0 Å². The zero-order valence-corrected chi connectivity index (χ0v) is 9.96. The molecule has 0 amide bonds. The minimum atomic E-state index is -0.309. The Morgan fingerprint density at radius 3 is 2.75 bits per heavy atom. The van der Waals surface area contributed by atoms with E-state index in [-0.39, 0.29) is 11.9 Å². The molecule has 0 fully saturated rings. The molecule has 16 heavy (non-hydrogen) atoms. The fraction of sp³-hybridized carbons (Fsp3) is 0.385. The third kappa shape index (κ3) is 3.66. The number of hydrogen-bond donors (Lipinski definition) is 1. The zero-order chi connectivity index (χ0) is 12.1. The Morgan fingerprint density at radius 1 is 1.50 bits per heavy atom. The van der Waals surface area contributed by atoms with Crippen molar-refractivity contribution in [2.75, 3.05) is 6.61 Å². The van der Waals surface area contributed by atoms with Crippen molar-refractivity contribution >= 4 is 0 Å². The number of halogens is 1. The van der Waals surface area contributed by atoms with Gasteiger partial charge in [-0.05, 0) is 32.9 Å². The van der Waals surface area contributed by atoms with E-state index in [2.05, 4.69) is 0 Å². The summed E-state index contributed by atoms with van der Waals surface area (Å²) in [6, 6.07) is 4.27. The van der Waals surface area contributed by atoms with E-state index in [0.717, 1.165) is 5.56 Å². The van der Waals surface area contributed by atoms with Gasteiger partial charge in [-0.15, -0.1) is 0 Å². The van der Waals surface area contributed by atoms with E-state index in [0.29, 0.717) is 12.4 Å². The molecule has 3 heteroatoms. The lowest BCUT2D eigenvalue weighted by molar-refractivity contribution is 0.353.